The average molecular weight is 353 g/mol. The Labute approximate surface area is 152 Å². The van der Waals surface area contributed by atoms with Crippen LogP contribution in [0.1, 0.15) is 48.0 Å². The third kappa shape index (κ3) is 3.36. The lowest BCUT2D eigenvalue weighted by molar-refractivity contribution is -0.131. The molecule has 1 aromatic carbocycles. The maximum atomic E-state index is 12.6. The van der Waals surface area contributed by atoms with Crippen LogP contribution in [-0.2, 0) is 11.2 Å². The van der Waals surface area contributed by atoms with E-state index in [2.05, 4.69) is 10.2 Å². The van der Waals surface area contributed by atoms with Crippen LogP contribution in [0.5, 0.6) is 5.75 Å². The second-order valence-electron chi connectivity index (χ2n) is 7.22. The highest BCUT2D eigenvalue weighted by atomic mass is 16.5. The summed E-state index contributed by atoms with van der Waals surface area (Å²) in [5, 5.41) is 6.68. The van der Waals surface area contributed by atoms with Crippen molar-refractivity contribution >= 4 is 11.7 Å². The number of hydrogen-bond donors (Lipinski definition) is 1. The van der Waals surface area contributed by atoms with E-state index in [9.17, 15) is 9.59 Å². The van der Waals surface area contributed by atoms with Crippen molar-refractivity contribution in [2.45, 2.75) is 44.1 Å². The highest BCUT2D eigenvalue weighted by molar-refractivity contribution is 6.00. The molecule has 0 bridgehead atoms. The van der Waals surface area contributed by atoms with Gasteiger partial charge in [0.2, 0.25) is 5.91 Å². The number of para-hydroxylation sites is 1. The number of likely N-dealkylation sites (tertiary alicyclic amines) is 1. The van der Waals surface area contributed by atoms with E-state index in [-0.39, 0.29) is 11.7 Å². The van der Waals surface area contributed by atoms with Crippen molar-refractivity contribution in [1.29, 1.82) is 0 Å². The Kier molecular flexibility index (Phi) is 4.49. The molecule has 2 aromatic rings. The Hall–Kier alpha value is -2.63. The molecule has 1 unspecified atom stereocenters. The molecule has 0 radical (unpaired) electrons. The highest BCUT2D eigenvalue weighted by Crippen LogP contribution is 2.39. The first-order chi connectivity index (χ1) is 12.7. The number of fused-ring (bicyclic) bond motifs is 1. The molecule has 1 amide bonds. The number of nitrogens with one attached hydrogen (secondary N) is 1. The van der Waals surface area contributed by atoms with Gasteiger partial charge in [0, 0.05) is 32.1 Å². The van der Waals surface area contributed by atoms with E-state index in [0.29, 0.717) is 43.5 Å². The van der Waals surface area contributed by atoms with Gasteiger partial charge in [-0.25, -0.2) is 0 Å². The summed E-state index contributed by atoms with van der Waals surface area (Å²) in [6.45, 7) is 1.37. The lowest BCUT2D eigenvalue weighted by atomic mass is 9.84. The maximum Gasteiger partial charge on any atom is 0.222 e. The van der Waals surface area contributed by atoms with Gasteiger partial charge in [-0.15, -0.1) is 0 Å². The molecule has 136 valence electrons. The van der Waals surface area contributed by atoms with Crippen LogP contribution in [0.25, 0.3) is 0 Å². The number of Topliss-reactive ketones (excluding diaryl/α,β-unsaturated/α-hetero) is 1. The van der Waals surface area contributed by atoms with Crippen molar-refractivity contribution in [3.05, 3.63) is 47.8 Å². The summed E-state index contributed by atoms with van der Waals surface area (Å²) in [6, 6.07) is 7.46. The van der Waals surface area contributed by atoms with Gasteiger partial charge in [-0.05, 0) is 37.0 Å². The molecule has 0 aliphatic carbocycles. The van der Waals surface area contributed by atoms with E-state index < -0.39 is 5.60 Å². The Balaban J connectivity index is 1.40. The number of ketones is 1. The van der Waals surface area contributed by atoms with Gasteiger partial charge in [-0.1, -0.05) is 12.1 Å². The van der Waals surface area contributed by atoms with Crippen LogP contribution < -0.4 is 4.74 Å². The van der Waals surface area contributed by atoms with E-state index in [1.54, 1.807) is 6.20 Å². The standard InChI is InChI=1S/C20H23N3O3/c24-17-12-20(26-18-5-2-1-4-16(17)18)8-3-10-23(11-9-20)19(25)7-6-15-13-21-22-14-15/h1-2,4-5,13-14H,3,6-12H2,(H,21,22). The fourth-order valence-electron chi connectivity index (χ4n) is 3.96. The second kappa shape index (κ2) is 6.94. The third-order valence-electron chi connectivity index (χ3n) is 5.43. The molecule has 1 aromatic heterocycles. The first kappa shape index (κ1) is 16.8. The number of hydrogen-bond acceptors (Lipinski definition) is 4. The molecule has 6 heteroatoms. The van der Waals surface area contributed by atoms with Gasteiger partial charge in [0.25, 0.3) is 0 Å². The first-order valence-corrected chi connectivity index (χ1v) is 9.22. The maximum absolute atomic E-state index is 12.6. The van der Waals surface area contributed by atoms with Crippen molar-refractivity contribution in [3.63, 3.8) is 0 Å². The zero-order chi connectivity index (χ0) is 18.0. The van der Waals surface area contributed by atoms with Gasteiger partial charge in [0.05, 0.1) is 18.2 Å². The number of H-pyrrole nitrogens is 1. The molecular formula is C20H23N3O3. The first-order valence-electron chi connectivity index (χ1n) is 9.22. The van der Waals surface area contributed by atoms with Crippen molar-refractivity contribution < 1.29 is 14.3 Å². The van der Waals surface area contributed by atoms with E-state index in [0.717, 1.165) is 24.9 Å². The summed E-state index contributed by atoms with van der Waals surface area (Å²) in [7, 11) is 0. The SMILES string of the molecule is O=C1CC2(CCCN(C(=O)CCc3cn[nH]c3)CC2)Oc2ccccc21. The van der Waals surface area contributed by atoms with E-state index in [1.165, 1.54) is 0 Å². The molecule has 6 nitrogen and oxygen atoms in total. The number of rotatable bonds is 3. The lowest BCUT2D eigenvalue weighted by Crippen LogP contribution is -2.43. The van der Waals surface area contributed by atoms with Crippen LogP contribution in [-0.4, -0.2) is 45.5 Å². The number of carbonyl (C=O) groups excluding carboxylic acids is 2. The number of aryl methyl sites for hydroxylation is 1. The summed E-state index contributed by atoms with van der Waals surface area (Å²) in [4.78, 5) is 27.0. The summed E-state index contributed by atoms with van der Waals surface area (Å²) in [5.74, 6) is 0.987. The predicted molar refractivity (Wildman–Crippen MR) is 96.1 cm³/mol. The minimum Gasteiger partial charge on any atom is -0.486 e. The van der Waals surface area contributed by atoms with Crippen LogP contribution >= 0.6 is 0 Å². The molecule has 1 N–H and O–H groups in total. The number of ether oxygens (including phenoxy) is 1. The van der Waals surface area contributed by atoms with Crippen molar-refractivity contribution in [3.8, 4) is 5.75 Å². The van der Waals surface area contributed by atoms with Crippen molar-refractivity contribution in [2.24, 2.45) is 0 Å². The van der Waals surface area contributed by atoms with Crippen LogP contribution in [0.3, 0.4) is 0 Å². The van der Waals surface area contributed by atoms with Gasteiger partial charge >= 0.3 is 0 Å². The predicted octanol–water partition coefficient (Wildman–Crippen LogP) is 2.76. The van der Waals surface area contributed by atoms with Gasteiger partial charge in [-0.2, -0.15) is 5.10 Å². The quantitative estimate of drug-likeness (QED) is 0.921. The number of amides is 1. The summed E-state index contributed by atoms with van der Waals surface area (Å²) >= 11 is 0. The molecule has 2 aliphatic rings. The van der Waals surface area contributed by atoms with Crippen LogP contribution in [0.2, 0.25) is 0 Å². The van der Waals surface area contributed by atoms with E-state index in [4.69, 9.17) is 4.74 Å². The Morgan fingerprint density at radius 2 is 2.15 bits per heavy atom. The highest BCUT2D eigenvalue weighted by Gasteiger charge is 2.41. The van der Waals surface area contributed by atoms with Gasteiger partial charge in [0.15, 0.2) is 5.78 Å². The molecule has 4 rings (SSSR count). The molecule has 0 saturated carbocycles. The summed E-state index contributed by atoms with van der Waals surface area (Å²) < 4.78 is 6.29. The second-order valence-corrected chi connectivity index (χ2v) is 7.22. The Morgan fingerprint density at radius 3 is 3.00 bits per heavy atom. The molecule has 26 heavy (non-hydrogen) atoms. The number of benzene rings is 1. The molecule has 1 spiro atoms. The van der Waals surface area contributed by atoms with E-state index >= 15 is 0 Å². The lowest BCUT2D eigenvalue weighted by Gasteiger charge is -2.37. The third-order valence-corrected chi connectivity index (χ3v) is 5.43. The number of aromatic amines is 1. The minimum atomic E-state index is -0.467. The average Bonchev–Trinajstić information content (AvgIpc) is 3.08. The molecule has 1 saturated heterocycles. The summed E-state index contributed by atoms with van der Waals surface area (Å²) in [6.07, 6.45) is 7.51. The zero-order valence-electron chi connectivity index (χ0n) is 14.7. The number of carbonyl (C=O) groups is 2. The van der Waals surface area contributed by atoms with Gasteiger partial charge in [0.1, 0.15) is 11.4 Å². The molecule has 1 atom stereocenters. The normalized spacial score (nSPS) is 22.6. The van der Waals surface area contributed by atoms with Crippen molar-refractivity contribution in [2.75, 3.05) is 13.1 Å². The monoisotopic (exact) mass is 353 g/mol. The number of nitrogens with zero attached hydrogens (tertiary/aromatic N) is 2. The molecule has 3 heterocycles. The zero-order valence-corrected chi connectivity index (χ0v) is 14.7. The van der Waals surface area contributed by atoms with E-state index in [1.807, 2.05) is 35.4 Å². The number of aromatic nitrogens is 2. The van der Waals surface area contributed by atoms with Gasteiger partial charge < -0.3 is 9.64 Å². The Morgan fingerprint density at radius 1 is 1.27 bits per heavy atom. The Bertz CT molecular complexity index is 802. The molecule has 1 fully saturated rings. The van der Waals surface area contributed by atoms with Crippen LogP contribution in [0.4, 0.5) is 0 Å². The fourth-order valence-corrected chi connectivity index (χ4v) is 3.96. The smallest absolute Gasteiger partial charge is 0.222 e. The van der Waals surface area contributed by atoms with Crippen LogP contribution in [0, 0.1) is 0 Å². The largest absolute Gasteiger partial charge is 0.486 e. The topological polar surface area (TPSA) is 75.3 Å². The van der Waals surface area contributed by atoms with Crippen molar-refractivity contribution in [1.82, 2.24) is 15.1 Å². The molecule has 2 aliphatic heterocycles. The minimum absolute atomic E-state index is 0.145. The van der Waals surface area contributed by atoms with Crippen LogP contribution in [0.15, 0.2) is 36.7 Å². The van der Waals surface area contributed by atoms with Gasteiger partial charge in [-0.3, -0.25) is 14.7 Å². The molecular weight excluding hydrogens is 330 g/mol. The fraction of sp³-hybridized carbons (Fsp3) is 0.450. The summed E-state index contributed by atoms with van der Waals surface area (Å²) in [5.41, 5.74) is 1.25.